The van der Waals surface area contributed by atoms with Crippen molar-refractivity contribution in [1.82, 2.24) is 0 Å². The summed E-state index contributed by atoms with van der Waals surface area (Å²) in [6.07, 6.45) is 1.06. The number of phenolic OH excluding ortho intramolecular Hbond substituents is 2. The lowest BCUT2D eigenvalue weighted by Crippen LogP contribution is -2.32. The number of nitrogens with zero attached hydrogens (tertiary/aromatic N) is 1. The van der Waals surface area contributed by atoms with Gasteiger partial charge in [0.25, 0.3) is 0 Å². The molecule has 1 saturated heterocycles. The topological polar surface area (TPSA) is 84.2 Å². The van der Waals surface area contributed by atoms with Crippen LogP contribution in [0.3, 0.4) is 0 Å². The van der Waals surface area contributed by atoms with Crippen LogP contribution >= 0.6 is 0 Å². The lowest BCUT2D eigenvalue weighted by atomic mass is 9.87. The molecule has 5 rings (SSSR count). The largest absolute Gasteiger partial charge is 0.508 e. The summed E-state index contributed by atoms with van der Waals surface area (Å²) >= 11 is 0. The first-order valence-electron chi connectivity index (χ1n) is 13.0. The predicted molar refractivity (Wildman–Crippen MR) is 146 cm³/mol. The first kappa shape index (κ1) is 25.8. The maximum atomic E-state index is 13.3. The molecule has 5 nitrogen and oxygen atoms in total. The van der Waals surface area contributed by atoms with E-state index in [-0.39, 0.29) is 29.3 Å². The summed E-state index contributed by atoms with van der Waals surface area (Å²) in [7, 11) is 0. The minimum atomic E-state index is -0.723. The van der Waals surface area contributed by atoms with Gasteiger partial charge in [-0.1, -0.05) is 61.0 Å². The molecule has 4 aromatic carbocycles. The number of rotatable bonds is 8. The van der Waals surface area contributed by atoms with E-state index >= 15 is 0 Å². The van der Waals surface area contributed by atoms with E-state index in [0.717, 1.165) is 28.8 Å². The van der Waals surface area contributed by atoms with Gasteiger partial charge in [0, 0.05) is 11.3 Å². The Balaban J connectivity index is 1.40. The monoisotopic (exact) mass is 513 g/mol. The van der Waals surface area contributed by atoms with Gasteiger partial charge in [0.2, 0.25) is 0 Å². The molecule has 1 fully saturated rings. The molecule has 0 saturated carbocycles. The highest BCUT2D eigenvalue weighted by atomic mass is 19.1. The van der Waals surface area contributed by atoms with E-state index in [1.165, 1.54) is 12.1 Å². The van der Waals surface area contributed by atoms with Gasteiger partial charge in [-0.2, -0.15) is 0 Å². The number of benzene rings is 4. The van der Waals surface area contributed by atoms with Gasteiger partial charge in [0.15, 0.2) is 0 Å². The van der Waals surface area contributed by atoms with Crippen LogP contribution < -0.4 is 4.90 Å². The smallest absolute Gasteiger partial charge is 0.127 e. The fourth-order valence-electron chi connectivity index (χ4n) is 5.62. The third-order valence-electron chi connectivity index (χ3n) is 7.47. The highest BCUT2D eigenvalue weighted by molar-refractivity contribution is 5.68. The number of aromatic hydroxyl groups is 2. The highest BCUT2D eigenvalue weighted by Crippen LogP contribution is 2.48. The number of para-hydroxylation sites is 1. The van der Waals surface area contributed by atoms with Crippen LogP contribution in [-0.4, -0.2) is 26.7 Å². The van der Waals surface area contributed by atoms with Crippen molar-refractivity contribution in [2.75, 3.05) is 4.90 Å². The average Bonchev–Trinajstić information content (AvgIpc) is 3.24. The molecule has 4 aromatic rings. The Labute approximate surface area is 222 Å². The second kappa shape index (κ2) is 11.3. The van der Waals surface area contributed by atoms with Gasteiger partial charge in [-0.15, -0.1) is 0 Å². The fourth-order valence-corrected chi connectivity index (χ4v) is 5.62. The van der Waals surface area contributed by atoms with Crippen LogP contribution in [0.15, 0.2) is 97.1 Å². The lowest BCUT2D eigenvalue weighted by Gasteiger charge is -2.33. The summed E-state index contributed by atoms with van der Waals surface area (Å²) in [5.74, 6) is -0.0203. The zero-order valence-corrected chi connectivity index (χ0v) is 21.0. The van der Waals surface area contributed by atoms with Gasteiger partial charge in [0.1, 0.15) is 23.5 Å². The fraction of sp³-hybridized carbons (Fsp3) is 0.250. The Morgan fingerprint density at radius 1 is 0.842 bits per heavy atom. The molecule has 1 aliphatic heterocycles. The zero-order chi connectivity index (χ0) is 26.6. The van der Waals surface area contributed by atoms with Crippen molar-refractivity contribution in [1.29, 1.82) is 0 Å². The van der Waals surface area contributed by atoms with Crippen LogP contribution in [0.5, 0.6) is 11.5 Å². The molecule has 196 valence electrons. The summed E-state index contributed by atoms with van der Waals surface area (Å²) in [6.45, 7) is 0. The molecule has 1 heterocycles. The molecular weight excluding hydrogens is 481 g/mol. The normalized spacial score (nSPS) is 20.0. The summed E-state index contributed by atoms with van der Waals surface area (Å²) in [5, 5.41) is 42.8. The Kier molecular flexibility index (Phi) is 7.63. The Bertz CT molecular complexity index is 1360. The number of aliphatic hydroxyl groups is 2. The second-order valence-electron chi connectivity index (χ2n) is 9.99. The molecule has 0 aromatic heterocycles. The number of hydrogen-bond acceptors (Lipinski definition) is 5. The van der Waals surface area contributed by atoms with Gasteiger partial charge in [0.05, 0.1) is 12.1 Å². The van der Waals surface area contributed by atoms with Crippen molar-refractivity contribution >= 4 is 5.69 Å². The van der Waals surface area contributed by atoms with Crippen LogP contribution in [0.4, 0.5) is 10.1 Å². The zero-order valence-electron chi connectivity index (χ0n) is 21.0. The van der Waals surface area contributed by atoms with E-state index in [0.29, 0.717) is 24.8 Å². The molecular formula is C32H32FNO4. The van der Waals surface area contributed by atoms with Gasteiger partial charge >= 0.3 is 0 Å². The summed E-state index contributed by atoms with van der Waals surface area (Å²) < 4.78 is 13.3. The van der Waals surface area contributed by atoms with Crippen molar-refractivity contribution in [2.45, 2.75) is 44.1 Å². The van der Waals surface area contributed by atoms with Crippen LogP contribution in [0.2, 0.25) is 0 Å². The van der Waals surface area contributed by atoms with Crippen molar-refractivity contribution < 1.29 is 24.8 Å². The molecule has 0 amide bonds. The maximum absolute atomic E-state index is 13.3. The van der Waals surface area contributed by atoms with Crippen molar-refractivity contribution in [3.8, 4) is 22.6 Å². The van der Waals surface area contributed by atoms with Gasteiger partial charge in [-0.3, -0.25) is 0 Å². The molecule has 0 aliphatic carbocycles. The first-order valence-corrected chi connectivity index (χ1v) is 13.0. The maximum Gasteiger partial charge on any atom is 0.127 e. The Morgan fingerprint density at radius 3 is 2.29 bits per heavy atom. The standard InChI is InChI=1S/C32H32FNO4/c33-25-15-12-21(13-16-25)29(36)11-5-7-24-20-31(38)34(26-8-2-1-3-9-26)32(24)28-17-14-23(19-30(28)37)22-6-4-10-27(35)18-22/h1-4,6,8-10,12-19,24,29,31-32,35-38H,5,7,11,20H2/t24-,29+,31?,32-/m0/s1. The highest BCUT2D eigenvalue weighted by Gasteiger charge is 2.42. The molecule has 4 N–H and O–H groups in total. The molecule has 1 unspecified atom stereocenters. The second-order valence-corrected chi connectivity index (χ2v) is 9.99. The minimum absolute atomic E-state index is 0.0307. The van der Waals surface area contributed by atoms with E-state index in [4.69, 9.17) is 0 Å². The van der Waals surface area contributed by atoms with E-state index in [2.05, 4.69) is 0 Å². The summed E-state index contributed by atoms with van der Waals surface area (Å²) in [4.78, 5) is 1.96. The molecule has 0 spiro atoms. The number of halogens is 1. The number of aliphatic hydroxyl groups excluding tert-OH is 2. The predicted octanol–water partition coefficient (Wildman–Crippen LogP) is 6.69. The third-order valence-corrected chi connectivity index (χ3v) is 7.47. The van der Waals surface area contributed by atoms with Crippen molar-refractivity contribution in [3.05, 3.63) is 114 Å². The average molecular weight is 514 g/mol. The van der Waals surface area contributed by atoms with E-state index in [1.54, 1.807) is 36.4 Å². The summed E-state index contributed by atoms with van der Waals surface area (Å²) in [5.41, 5.74) is 3.85. The van der Waals surface area contributed by atoms with Crippen LogP contribution in [0, 0.1) is 11.7 Å². The van der Waals surface area contributed by atoms with Crippen LogP contribution in [0.1, 0.15) is 49.0 Å². The molecule has 38 heavy (non-hydrogen) atoms. The van der Waals surface area contributed by atoms with Gasteiger partial charge in [-0.05, 0) is 84.3 Å². The van der Waals surface area contributed by atoms with Crippen LogP contribution in [-0.2, 0) is 0 Å². The molecule has 6 heteroatoms. The number of hydrogen-bond donors (Lipinski definition) is 4. The van der Waals surface area contributed by atoms with Crippen molar-refractivity contribution in [3.63, 3.8) is 0 Å². The van der Waals surface area contributed by atoms with Gasteiger partial charge in [-0.25, -0.2) is 4.39 Å². The number of anilines is 1. The quantitative estimate of drug-likeness (QED) is 0.211. The third kappa shape index (κ3) is 5.52. The van der Waals surface area contributed by atoms with Gasteiger partial charge < -0.3 is 25.3 Å². The van der Waals surface area contributed by atoms with E-state index in [9.17, 15) is 24.8 Å². The lowest BCUT2D eigenvalue weighted by molar-refractivity contribution is 0.158. The molecule has 0 radical (unpaired) electrons. The minimum Gasteiger partial charge on any atom is -0.508 e. The molecule has 4 atom stereocenters. The first-order chi connectivity index (χ1) is 18.4. The summed E-state index contributed by atoms with van der Waals surface area (Å²) in [6, 6.07) is 27.7. The number of phenols is 2. The Morgan fingerprint density at radius 2 is 1.58 bits per heavy atom. The SMILES string of the molecule is Oc1cccc(-c2ccc([C@@H]3[C@@H](CCC[C@@H](O)c4ccc(F)cc4)CC(O)N3c3ccccc3)c(O)c2)c1. The van der Waals surface area contributed by atoms with E-state index < -0.39 is 12.3 Å². The van der Waals surface area contributed by atoms with Crippen LogP contribution in [0.25, 0.3) is 11.1 Å². The van der Waals surface area contributed by atoms with E-state index in [1.807, 2.05) is 53.4 Å². The molecule has 0 bridgehead atoms. The Hall–Kier alpha value is -3.87. The molecule has 1 aliphatic rings. The van der Waals surface area contributed by atoms with Crippen molar-refractivity contribution in [2.24, 2.45) is 5.92 Å².